The van der Waals surface area contributed by atoms with Gasteiger partial charge in [-0.2, -0.15) is 0 Å². The molecule has 2 aromatic carbocycles. The Kier molecular flexibility index (Phi) is 4.54. The van der Waals surface area contributed by atoms with Crippen LogP contribution in [0.4, 0.5) is 0 Å². The van der Waals surface area contributed by atoms with Crippen molar-refractivity contribution in [2.45, 2.75) is 11.0 Å². The van der Waals surface area contributed by atoms with Crippen LogP contribution in [0.25, 0.3) is 22.8 Å². The van der Waals surface area contributed by atoms with Crippen molar-refractivity contribution in [3.63, 3.8) is 0 Å². The van der Waals surface area contributed by atoms with Crippen LogP contribution >= 0.6 is 23.4 Å². The van der Waals surface area contributed by atoms with Gasteiger partial charge in [-0.1, -0.05) is 59.8 Å². The topological polar surface area (TPSA) is 65.0 Å². The molecule has 124 valence electrons. The molecule has 0 saturated heterocycles. The maximum atomic E-state index is 5.98. The molecule has 0 aliphatic heterocycles. The quantitative estimate of drug-likeness (QED) is 0.442. The Labute approximate surface area is 153 Å². The van der Waals surface area contributed by atoms with Gasteiger partial charge in [-0.25, -0.2) is 4.98 Å². The van der Waals surface area contributed by atoms with Gasteiger partial charge in [0.2, 0.25) is 11.8 Å². The van der Waals surface area contributed by atoms with Crippen LogP contribution in [-0.4, -0.2) is 15.2 Å². The van der Waals surface area contributed by atoms with E-state index >= 15 is 0 Å². The van der Waals surface area contributed by atoms with Gasteiger partial charge in [0.25, 0.3) is 5.22 Å². The summed E-state index contributed by atoms with van der Waals surface area (Å²) in [5.41, 5.74) is 1.78. The van der Waals surface area contributed by atoms with Crippen molar-refractivity contribution >= 4 is 23.4 Å². The molecule has 4 aromatic rings. The SMILES string of the molecule is Clc1cccc(-c2nnc(SCc3ncc(-c4ccccc4)o3)o2)c1. The molecule has 5 nitrogen and oxygen atoms in total. The van der Waals surface area contributed by atoms with Gasteiger partial charge in [-0.15, -0.1) is 10.2 Å². The number of aromatic nitrogens is 3. The van der Waals surface area contributed by atoms with E-state index in [2.05, 4.69) is 15.2 Å². The second-order valence-electron chi connectivity index (χ2n) is 5.16. The first kappa shape index (κ1) is 15.9. The van der Waals surface area contributed by atoms with Crippen molar-refractivity contribution in [3.05, 3.63) is 71.7 Å². The summed E-state index contributed by atoms with van der Waals surface area (Å²) in [6, 6.07) is 17.1. The number of halogens is 1. The van der Waals surface area contributed by atoms with Crippen molar-refractivity contribution in [3.8, 4) is 22.8 Å². The highest BCUT2D eigenvalue weighted by Gasteiger charge is 2.12. The van der Waals surface area contributed by atoms with E-state index in [0.717, 1.165) is 16.9 Å². The molecule has 0 atom stereocenters. The van der Waals surface area contributed by atoms with Crippen molar-refractivity contribution in [1.82, 2.24) is 15.2 Å². The molecule has 2 aromatic heterocycles. The molecule has 0 aliphatic rings. The molecular weight excluding hydrogens is 358 g/mol. The molecule has 0 fully saturated rings. The number of thioether (sulfide) groups is 1. The van der Waals surface area contributed by atoms with Gasteiger partial charge in [0, 0.05) is 16.1 Å². The fourth-order valence-corrected chi connectivity index (χ4v) is 3.05. The van der Waals surface area contributed by atoms with E-state index in [4.69, 9.17) is 20.4 Å². The Morgan fingerprint density at radius 2 is 1.76 bits per heavy atom. The van der Waals surface area contributed by atoms with Crippen LogP contribution in [0, 0.1) is 0 Å². The predicted molar refractivity (Wildman–Crippen MR) is 96.2 cm³/mol. The van der Waals surface area contributed by atoms with Crippen molar-refractivity contribution in [2.24, 2.45) is 0 Å². The van der Waals surface area contributed by atoms with Crippen LogP contribution in [-0.2, 0) is 5.75 Å². The number of benzene rings is 2. The molecule has 7 heteroatoms. The molecule has 0 spiro atoms. The molecule has 0 aliphatic carbocycles. The summed E-state index contributed by atoms with van der Waals surface area (Å²) >= 11 is 7.35. The lowest BCUT2D eigenvalue weighted by Gasteiger charge is -1.95. The molecular formula is C18H12ClN3O2S. The Morgan fingerprint density at radius 1 is 0.920 bits per heavy atom. The van der Waals surface area contributed by atoms with E-state index in [1.165, 1.54) is 11.8 Å². The van der Waals surface area contributed by atoms with Crippen molar-refractivity contribution < 1.29 is 8.83 Å². The van der Waals surface area contributed by atoms with E-state index in [9.17, 15) is 0 Å². The van der Waals surface area contributed by atoms with E-state index < -0.39 is 0 Å². The normalized spacial score (nSPS) is 10.9. The van der Waals surface area contributed by atoms with Crippen LogP contribution in [0.5, 0.6) is 0 Å². The third-order valence-corrected chi connectivity index (χ3v) is 4.45. The number of hydrogen-bond donors (Lipinski definition) is 0. The molecule has 0 N–H and O–H groups in total. The first-order valence-electron chi connectivity index (χ1n) is 7.50. The molecule has 0 unspecified atom stereocenters. The predicted octanol–water partition coefficient (Wildman–Crippen LogP) is 5.34. The van der Waals surface area contributed by atoms with Crippen LogP contribution in [0.3, 0.4) is 0 Å². The van der Waals surface area contributed by atoms with Gasteiger partial charge in [0.05, 0.1) is 11.9 Å². The Balaban J connectivity index is 1.43. The Morgan fingerprint density at radius 3 is 2.60 bits per heavy atom. The lowest BCUT2D eigenvalue weighted by Crippen LogP contribution is -1.79. The number of oxazole rings is 1. The van der Waals surface area contributed by atoms with E-state index in [1.54, 1.807) is 18.3 Å². The number of nitrogens with zero attached hydrogens (tertiary/aromatic N) is 3. The Bertz CT molecular complexity index is 985. The van der Waals surface area contributed by atoms with Gasteiger partial charge in [0.15, 0.2) is 5.76 Å². The highest BCUT2D eigenvalue weighted by atomic mass is 35.5. The minimum Gasteiger partial charge on any atom is -0.440 e. The zero-order valence-electron chi connectivity index (χ0n) is 12.9. The second kappa shape index (κ2) is 7.13. The molecule has 2 heterocycles. The summed E-state index contributed by atoms with van der Waals surface area (Å²) in [6.07, 6.45) is 1.72. The summed E-state index contributed by atoms with van der Waals surface area (Å²) in [5, 5.41) is 9.16. The summed E-state index contributed by atoms with van der Waals surface area (Å²) in [5.74, 6) is 2.28. The summed E-state index contributed by atoms with van der Waals surface area (Å²) in [4.78, 5) is 4.29. The molecule has 25 heavy (non-hydrogen) atoms. The average molecular weight is 370 g/mol. The highest BCUT2D eigenvalue weighted by Crippen LogP contribution is 2.28. The second-order valence-corrected chi connectivity index (χ2v) is 6.52. The van der Waals surface area contributed by atoms with Gasteiger partial charge >= 0.3 is 0 Å². The van der Waals surface area contributed by atoms with Crippen molar-refractivity contribution in [1.29, 1.82) is 0 Å². The Hall–Kier alpha value is -2.57. The van der Waals surface area contributed by atoms with Gasteiger partial charge in [-0.3, -0.25) is 0 Å². The fourth-order valence-electron chi connectivity index (χ4n) is 2.24. The molecule has 0 saturated carbocycles. The molecule has 4 rings (SSSR count). The number of rotatable bonds is 5. The van der Waals surface area contributed by atoms with Crippen LogP contribution in [0.2, 0.25) is 5.02 Å². The van der Waals surface area contributed by atoms with Crippen LogP contribution in [0.1, 0.15) is 5.89 Å². The third-order valence-electron chi connectivity index (χ3n) is 3.41. The maximum absolute atomic E-state index is 5.98. The first-order chi connectivity index (χ1) is 12.3. The maximum Gasteiger partial charge on any atom is 0.277 e. The van der Waals surface area contributed by atoms with Crippen LogP contribution in [0.15, 0.2) is 74.9 Å². The standard InChI is InChI=1S/C18H12ClN3O2S/c19-14-8-4-7-13(9-14)17-21-22-18(24-17)25-11-16-20-10-15(23-16)12-5-2-1-3-6-12/h1-10H,11H2. The van der Waals surface area contributed by atoms with E-state index in [-0.39, 0.29) is 0 Å². The molecule has 0 radical (unpaired) electrons. The third kappa shape index (κ3) is 3.75. The molecule has 0 bridgehead atoms. The fraction of sp³-hybridized carbons (Fsp3) is 0.0556. The van der Waals surface area contributed by atoms with Gasteiger partial charge in [-0.05, 0) is 18.2 Å². The largest absolute Gasteiger partial charge is 0.440 e. The lowest BCUT2D eigenvalue weighted by atomic mass is 10.2. The van der Waals surface area contributed by atoms with Gasteiger partial charge < -0.3 is 8.83 Å². The van der Waals surface area contributed by atoms with E-state index in [1.807, 2.05) is 42.5 Å². The summed E-state index contributed by atoms with van der Waals surface area (Å²) in [7, 11) is 0. The highest BCUT2D eigenvalue weighted by molar-refractivity contribution is 7.98. The number of hydrogen-bond acceptors (Lipinski definition) is 6. The monoisotopic (exact) mass is 369 g/mol. The van der Waals surface area contributed by atoms with Gasteiger partial charge in [0.1, 0.15) is 0 Å². The zero-order valence-corrected chi connectivity index (χ0v) is 14.5. The first-order valence-corrected chi connectivity index (χ1v) is 8.87. The molecule has 0 amide bonds. The van der Waals surface area contributed by atoms with Crippen LogP contribution < -0.4 is 0 Å². The minimum atomic E-state index is 0.433. The smallest absolute Gasteiger partial charge is 0.277 e. The van der Waals surface area contributed by atoms with Crippen molar-refractivity contribution in [2.75, 3.05) is 0 Å². The zero-order chi connectivity index (χ0) is 17.1. The lowest BCUT2D eigenvalue weighted by molar-refractivity contribution is 0.464. The van der Waals surface area contributed by atoms with E-state index in [0.29, 0.717) is 27.8 Å². The average Bonchev–Trinajstić information content (AvgIpc) is 3.30. The minimum absolute atomic E-state index is 0.433. The summed E-state index contributed by atoms with van der Waals surface area (Å²) in [6.45, 7) is 0. The summed E-state index contributed by atoms with van der Waals surface area (Å²) < 4.78 is 11.4.